The number of aryl methyl sites for hydroxylation is 2. The van der Waals surface area contributed by atoms with E-state index in [9.17, 15) is 18.8 Å². The number of rotatable bonds is 5. The van der Waals surface area contributed by atoms with E-state index >= 15 is 0 Å². The van der Waals surface area contributed by atoms with Crippen molar-refractivity contribution in [2.45, 2.75) is 49.9 Å². The lowest BCUT2D eigenvalue weighted by atomic mass is 9.97. The number of aromatic nitrogens is 2. The Kier molecular flexibility index (Phi) is 6.34. The van der Waals surface area contributed by atoms with Crippen molar-refractivity contribution in [2.75, 3.05) is 0 Å². The quantitative estimate of drug-likeness (QED) is 0.432. The first-order valence-electron chi connectivity index (χ1n) is 10.4. The molecule has 1 atom stereocenters. The van der Waals surface area contributed by atoms with Crippen molar-refractivity contribution in [1.82, 2.24) is 14.9 Å². The summed E-state index contributed by atoms with van der Waals surface area (Å²) >= 11 is 2.51. The van der Waals surface area contributed by atoms with E-state index < -0.39 is 23.0 Å². The number of thiophene rings is 1. The second kappa shape index (κ2) is 9.03. The zero-order valence-electron chi connectivity index (χ0n) is 17.7. The maximum absolute atomic E-state index is 14.8. The highest BCUT2D eigenvalue weighted by atomic mass is 32.2. The number of urea groups is 1. The topological polar surface area (TPSA) is 107 Å². The molecule has 10 heteroatoms. The first kappa shape index (κ1) is 22.5. The van der Waals surface area contributed by atoms with Crippen molar-refractivity contribution in [2.24, 2.45) is 11.7 Å². The van der Waals surface area contributed by atoms with Gasteiger partial charge >= 0.3 is 6.03 Å². The lowest BCUT2D eigenvalue weighted by Crippen LogP contribution is -2.42. The van der Waals surface area contributed by atoms with Gasteiger partial charge in [-0.3, -0.25) is 19.5 Å². The van der Waals surface area contributed by atoms with Gasteiger partial charge in [0, 0.05) is 4.88 Å². The van der Waals surface area contributed by atoms with Crippen molar-refractivity contribution in [1.29, 1.82) is 0 Å². The number of fused-ring (bicyclic) bond motifs is 3. The molecule has 32 heavy (non-hydrogen) atoms. The van der Waals surface area contributed by atoms with E-state index in [4.69, 9.17) is 10.7 Å². The number of thioether (sulfide) groups is 1. The molecule has 4 rings (SSSR count). The number of imide groups is 1. The van der Waals surface area contributed by atoms with E-state index in [2.05, 4.69) is 5.32 Å². The van der Waals surface area contributed by atoms with Crippen LogP contribution in [-0.2, 0) is 17.6 Å². The molecule has 0 spiro atoms. The molecule has 2 aromatic heterocycles. The number of carbonyl (C=O) groups is 2. The second-order valence-electron chi connectivity index (χ2n) is 8.01. The number of carbonyl (C=O) groups excluding carboxylic acids is 2. The van der Waals surface area contributed by atoms with Gasteiger partial charge in [0.05, 0.1) is 16.3 Å². The minimum absolute atomic E-state index is 0.0722. The van der Waals surface area contributed by atoms with Gasteiger partial charge < -0.3 is 5.73 Å². The molecule has 1 unspecified atom stereocenters. The highest BCUT2D eigenvalue weighted by molar-refractivity contribution is 8.00. The Hall–Kier alpha value is -2.72. The van der Waals surface area contributed by atoms with Crippen LogP contribution < -0.4 is 16.6 Å². The van der Waals surface area contributed by atoms with Gasteiger partial charge in [0.15, 0.2) is 5.16 Å². The van der Waals surface area contributed by atoms with Gasteiger partial charge in [-0.15, -0.1) is 11.3 Å². The normalized spacial score (nSPS) is 14.4. The number of hydrogen-bond donors (Lipinski definition) is 2. The van der Waals surface area contributed by atoms with Crippen LogP contribution in [0.3, 0.4) is 0 Å². The number of hydrogen-bond acceptors (Lipinski definition) is 6. The summed E-state index contributed by atoms with van der Waals surface area (Å²) in [5.74, 6) is -1.36. The molecule has 0 saturated carbocycles. The smallest absolute Gasteiger partial charge is 0.318 e. The Morgan fingerprint density at radius 1 is 1.25 bits per heavy atom. The lowest BCUT2D eigenvalue weighted by molar-refractivity contribution is -0.120. The van der Waals surface area contributed by atoms with Gasteiger partial charge in [-0.25, -0.2) is 14.2 Å². The monoisotopic (exact) mass is 474 g/mol. The third-order valence-electron chi connectivity index (χ3n) is 5.39. The van der Waals surface area contributed by atoms with Gasteiger partial charge in [-0.1, -0.05) is 37.7 Å². The highest BCUT2D eigenvalue weighted by Crippen LogP contribution is 2.36. The molecule has 0 fully saturated rings. The van der Waals surface area contributed by atoms with Crippen molar-refractivity contribution < 1.29 is 14.0 Å². The van der Waals surface area contributed by atoms with E-state index in [1.807, 2.05) is 13.8 Å². The molecular formula is C22H23FN4O3S2. The SMILES string of the molecule is CC(C)C(Sc1nc2sc3c(c2c(=O)n1-c1ccccc1F)CCCC3)C(=O)NC(N)=O. The number of nitrogens with zero attached hydrogens (tertiary/aromatic N) is 2. The van der Waals surface area contributed by atoms with Gasteiger partial charge in [0.25, 0.3) is 5.56 Å². The highest BCUT2D eigenvalue weighted by Gasteiger charge is 2.29. The molecule has 0 saturated heterocycles. The fraction of sp³-hybridized carbons (Fsp3) is 0.364. The summed E-state index contributed by atoms with van der Waals surface area (Å²) in [6.07, 6.45) is 3.75. The summed E-state index contributed by atoms with van der Waals surface area (Å²) in [4.78, 5) is 44.0. The molecule has 1 aromatic carbocycles. The molecule has 0 bridgehead atoms. The second-order valence-corrected chi connectivity index (χ2v) is 10.2. The third kappa shape index (κ3) is 4.16. The molecule has 0 radical (unpaired) electrons. The maximum atomic E-state index is 14.8. The lowest BCUT2D eigenvalue weighted by Gasteiger charge is -2.20. The van der Waals surface area contributed by atoms with Crippen molar-refractivity contribution in [3.05, 3.63) is 50.9 Å². The Labute approximate surface area is 192 Å². The van der Waals surface area contributed by atoms with Crippen molar-refractivity contribution in [3.8, 4) is 5.69 Å². The van der Waals surface area contributed by atoms with Crippen LogP contribution in [0.15, 0.2) is 34.2 Å². The minimum Gasteiger partial charge on any atom is -0.351 e. The number of para-hydroxylation sites is 1. The van der Waals surface area contributed by atoms with Crippen LogP contribution in [0.5, 0.6) is 0 Å². The predicted octanol–water partition coefficient (Wildman–Crippen LogP) is 3.78. The first-order chi connectivity index (χ1) is 15.3. The summed E-state index contributed by atoms with van der Waals surface area (Å²) in [5.41, 5.74) is 5.85. The van der Waals surface area contributed by atoms with Crippen LogP contribution >= 0.6 is 23.1 Å². The summed E-state index contributed by atoms with van der Waals surface area (Å²) in [5, 5.41) is 2.06. The van der Waals surface area contributed by atoms with Crippen LogP contribution in [-0.4, -0.2) is 26.7 Å². The van der Waals surface area contributed by atoms with Crippen molar-refractivity contribution >= 4 is 45.3 Å². The molecule has 168 valence electrons. The van der Waals surface area contributed by atoms with Gasteiger partial charge in [-0.05, 0) is 49.3 Å². The maximum Gasteiger partial charge on any atom is 0.318 e. The number of nitrogens with one attached hydrogen (secondary N) is 1. The van der Waals surface area contributed by atoms with Crippen LogP contribution in [0.4, 0.5) is 9.18 Å². The number of halogens is 1. The zero-order chi connectivity index (χ0) is 23.0. The molecule has 3 amide bonds. The summed E-state index contributed by atoms with van der Waals surface area (Å²) in [6.45, 7) is 3.62. The average Bonchev–Trinajstić information content (AvgIpc) is 3.10. The van der Waals surface area contributed by atoms with Crippen LogP contribution in [0, 0.1) is 11.7 Å². The summed E-state index contributed by atoms with van der Waals surface area (Å²) in [7, 11) is 0. The van der Waals surface area contributed by atoms with Gasteiger partial charge in [-0.2, -0.15) is 0 Å². The molecule has 2 heterocycles. The predicted molar refractivity (Wildman–Crippen MR) is 124 cm³/mol. The zero-order valence-corrected chi connectivity index (χ0v) is 19.3. The molecule has 3 aromatic rings. The molecule has 1 aliphatic rings. The fourth-order valence-corrected chi connectivity index (χ4v) is 6.31. The van der Waals surface area contributed by atoms with Crippen LogP contribution in [0.2, 0.25) is 0 Å². The van der Waals surface area contributed by atoms with E-state index in [1.165, 1.54) is 28.0 Å². The van der Waals surface area contributed by atoms with Gasteiger partial charge in [0.1, 0.15) is 10.6 Å². The van der Waals surface area contributed by atoms with E-state index in [0.717, 1.165) is 47.9 Å². The Morgan fingerprint density at radius 3 is 2.66 bits per heavy atom. The third-order valence-corrected chi connectivity index (χ3v) is 8.08. The van der Waals surface area contributed by atoms with Gasteiger partial charge in [0.2, 0.25) is 5.91 Å². The molecule has 3 N–H and O–H groups in total. The number of amides is 3. The molecule has 0 aliphatic heterocycles. The first-order valence-corrected chi connectivity index (χ1v) is 12.1. The van der Waals surface area contributed by atoms with Crippen molar-refractivity contribution in [3.63, 3.8) is 0 Å². The minimum atomic E-state index is -0.956. The Bertz CT molecular complexity index is 1270. The van der Waals surface area contributed by atoms with Crippen LogP contribution in [0.25, 0.3) is 15.9 Å². The standard InChI is InChI=1S/C22H23FN4O3S2/c1-11(2)17(18(28)25-21(24)30)32-22-26-19-16(12-7-3-6-10-15(12)31-19)20(29)27(22)14-9-5-4-8-13(14)23/h4-5,8-9,11,17H,3,6-7,10H2,1-2H3,(H3,24,25,28,30). The Balaban J connectivity index is 1.93. The number of primary amides is 1. The fourth-order valence-electron chi connectivity index (χ4n) is 3.91. The summed E-state index contributed by atoms with van der Waals surface area (Å²) in [6, 6.07) is 5.03. The number of nitrogens with two attached hydrogens (primary N) is 1. The summed E-state index contributed by atoms with van der Waals surface area (Å²) < 4.78 is 16.0. The number of benzene rings is 1. The molecule has 7 nitrogen and oxygen atoms in total. The Morgan fingerprint density at radius 2 is 1.97 bits per heavy atom. The van der Waals surface area contributed by atoms with Crippen LogP contribution in [0.1, 0.15) is 37.1 Å². The van der Waals surface area contributed by atoms with E-state index in [-0.39, 0.29) is 22.3 Å². The largest absolute Gasteiger partial charge is 0.351 e. The van der Waals surface area contributed by atoms with E-state index in [1.54, 1.807) is 12.1 Å². The average molecular weight is 475 g/mol. The molecular weight excluding hydrogens is 451 g/mol. The molecule has 1 aliphatic carbocycles. The van der Waals surface area contributed by atoms with E-state index in [0.29, 0.717) is 10.2 Å².